The molecule has 0 unspecified atom stereocenters. The van der Waals surface area contributed by atoms with Crippen molar-refractivity contribution in [3.8, 4) is 0 Å². The van der Waals surface area contributed by atoms with Gasteiger partial charge < -0.3 is 4.90 Å². The molecule has 0 spiro atoms. The average molecular weight is 218 g/mol. The highest BCUT2D eigenvalue weighted by molar-refractivity contribution is 6.33. The highest BCUT2D eigenvalue weighted by atomic mass is 35.5. The van der Waals surface area contributed by atoms with E-state index in [1.54, 1.807) is 0 Å². The molecule has 0 amide bonds. The lowest BCUT2D eigenvalue weighted by Gasteiger charge is -2.18. The largest absolute Gasteiger partial charge is 0.374 e. The van der Waals surface area contributed by atoms with Crippen LogP contribution < -0.4 is 4.90 Å². The normalized spacial score (nSPS) is 10.2. The molecule has 3 heteroatoms. The number of anilines is 1. The summed E-state index contributed by atoms with van der Waals surface area (Å²) in [5, 5.41) is 0.766. The standard InChI is InChI=1S/C10H13Cl2N/c1-3-13(2)10-5-4-8(7-11)6-9(10)12/h4-6H,3,7H2,1-2H3. The van der Waals surface area contributed by atoms with Gasteiger partial charge in [0, 0.05) is 19.5 Å². The molecule has 0 N–H and O–H groups in total. The molecule has 0 bridgehead atoms. The molecule has 0 atom stereocenters. The highest BCUT2D eigenvalue weighted by Gasteiger charge is 2.04. The maximum absolute atomic E-state index is 6.08. The van der Waals surface area contributed by atoms with Crippen LogP contribution in [-0.2, 0) is 5.88 Å². The maximum Gasteiger partial charge on any atom is 0.0642 e. The van der Waals surface area contributed by atoms with E-state index in [0.29, 0.717) is 5.88 Å². The molecule has 0 aliphatic carbocycles. The van der Waals surface area contributed by atoms with Gasteiger partial charge in [0.15, 0.2) is 0 Å². The number of nitrogens with zero attached hydrogens (tertiary/aromatic N) is 1. The van der Waals surface area contributed by atoms with Crippen LogP contribution in [0.15, 0.2) is 18.2 Å². The average Bonchev–Trinajstić information content (AvgIpc) is 2.16. The highest BCUT2D eigenvalue weighted by Crippen LogP contribution is 2.26. The summed E-state index contributed by atoms with van der Waals surface area (Å²) < 4.78 is 0. The minimum absolute atomic E-state index is 0.510. The number of benzene rings is 1. The van der Waals surface area contributed by atoms with Crippen molar-refractivity contribution in [3.63, 3.8) is 0 Å². The molecule has 13 heavy (non-hydrogen) atoms. The summed E-state index contributed by atoms with van der Waals surface area (Å²) in [6, 6.07) is 5.92. The Hall–Kier alpha value is -0.400. The summed E-state index contributed by atoms with van der Waals surface area (Å²) in [6.45, 7) is 3.03. The lowest BCUT2D eigenvalue weighted by molar-refractivity contribution is 0.968. The van der Waals surface area contributed by atoms with Gasteiger partial charge in [0.1, 0.15) is 0 Å². The molecule has 1 rings (SSSR count). The van der Waals surface area contributed by atoms with Gasteiger partial charge in [-0.15, -0.1) is 11.6 Å². The van der Waals surface area contributed by atoms with Crippen LogP contribution in [0.25, 0.3) is 0 Å². The third-order valence-electron chi connectivity index (χ3n) is 2.05. The summed E-state index contributed by atoms with van der Waals surface area (Å²) in [6.07, 6.45) is 0. The van der Waals surface area contributed by atoms with Crippen LogP contribution in [0.3, 0.4) is 0 Å². The van der Waals surface area contributed by atoms with E-state index in [2.05, 4.69) is 11.8 Å². The summed E-state index contributed by atoms with van der Waals surface area (Å²) in [5.74, 6) is 0.510. The van der Waals surface area contributed by atoms with Gasteiger partial charge in [-0.25, -0.2) is 0 Å². The van der Waals surface area contributed by atoms with Gasteiger partial charge in [-0.1, -0.05) is 17.7 Å². The Bertz CT molecular complexity index is 286. The number of hydrogen-bond donors (Lipinski definition) is 0. The molecule has 0 saturated heterocycles. The summed E-state index contributed by atoms with van der Waals surface area (Å²) in [5.41, 5.74) is 2.11. The van der Waals surface area contributed by atoms with Gasteiger partial charge in [0.25, 0.3) is 0 Å². The second-order valence-corrected chi connectivity index (χ2v) is 3.61. The molecule has 0 heterocycles. The number of halogens is 2. The van der Waals surface area contributed by atoms with Crippen LogP contribution >= 0.6 is 23.2 Å². The fraction of sp³-hybridized carbons (Fsp3) is 0.400. The van der Waals surface area contributed by atoms with E-state index < -0.39 is 0 Å². The number of rotatable bonds is 3. The van der Waals surface area contributed by atoms with E-state index in [1.807, 2.05) is 25.2 Å². The predicted molar refractivity (Wildman–Crippen MR) is 60.0 cm³/mol. The smallest absolute Gasteiger partial charge is 0.0642 e. The zero-order chi connectivity index (χ0) is 9.84. The molecule has 1 nitrogen and oxygen atoms in total. The van der Waals surface area contributed by atoms with E-state index >= 15 is 0 Å². The van der Waals surface area contributed by atoms with Gasteiger partial charge in [-0.2, -0.15) is 0 Å². The molecule has 1 aromatic carbocycles. The Morgan fingerprint density at radius 2 is 2.08 bits per heavy atom. The molecule has 1 aromatic rings. The first-order valence-corrected chi connectivity index (χ1v) is 5.15. The van der Waals surface area contributed by atoms with Crippen molar-refractivity contribution in [2.45, 2.75) is 12.8 Å². The first-order chi connectivity index (χ1) is 6.19. The molecule has 0 radical (unpaired) electrons. The van der Waals surface area contributed by atoms with Crippen molar-refractivity contribution < 1.29 is 0 Å². The first kappa shape index (κ1) is 10.7. The van der Waals surface area contributed by atoms with Gasteiger partial charge in [-0.3, -0.25) is 0 Å². The van der Waals surface area contributed by atoms with Crippen LogP contribution in [0.2, 0.25) is 5.02 Å². The molecule has 0 aliphatic heterocycles. The summed E-state index contributed by atoms with van der Waals surface area (Å²) in [4.78, 5) is 2.10. The van der Waals surface area contributed by atoms with Crippen LogP contribution in [0.1, 0.15) is 12.5 Å². The van der Waals surface area contributed by atoms with Gasteiger partial charge in [0.2, 0.25) is 0 Å². The monoisotopic (exact) mass is 217 g/mol. The van der Waals surface area contributed by atoms with Crippen molar-refractivity contribution in [2.75, 3.05) is 18.5 Å². The van der Waals surface area contributed by atoms with E-state index in [1.165, 1.54) is 0 Å². The maximum atomic E-state index is 6.08. The van der Waals surface area contributed by atoms with Crippen molar-refractivity contribution in [3.05, 3.63) is 28.8 Å². The molecular weight excluding hydrogens is 205 g/mol. The predicted octanol–water partition coefficient (Wildman–Crippen LogP) is 3.53. The topological polar surface area (TPSA) is 3.24 Å². The molecule has 0 fully saturated rings. The van der Waals surface area contributed by atoms with Crippen LogP contribution in [0, 0.1) is 0 Å². The second kappa shape index (κ2) is 4.73. The Morgan fingerprint density at radius 1 is 1.38 bits per heavy atom. The zero-order valence-electron chi connectivity index (χ0n) is 7.85. The number of hydrogen-bond acceptors (Lipinski definition) is 1. The minimum Gasteiger partial charge on any atom is -0.374 e. The quantitative estimate of drug-likeness (QED) is 0.701. The Kier molecular flexibility index (Phi) is 3.89. The SMILES string of the molecule is CCN(C)c1ccc(CCl)cc1Cl. The van der Waals surface area contributed by atoms with Crippen molar-refractivity contribution in [2.24, 2.45) is 0 Å². The van der Waals surface area contributed by atoms with Crippen LogP contribution in [0.4, 0.5) is 5.69 Å². The summed E-state index contributed by atoms with van der Waals surface area (Å²) >= 11 is 11.8. The van der Waals surface area contributed by atoms with Gasteiger partial charge in [0.05, 0.1) is 10.7 Å². The minimum atomic E-state index is 0.510. The molecule has 0 saturated carbocycles. The fourth-order valence-corrected chi connectivity index (χ4v) is 1.63. The zero-order valence-corrected chi connectivity index (χ0v) is 9.36. The van der Waals surface area contributed by atoms with E-state index in [4.69, 9.17) is 23.2 Å². The molecular formula is C10H13Cl2N. The first-order valence-electron chi connectivity index (χ1n) is 4.24. The lowest BCUT2D eigenvalue weighted by atomic mass is 10.2. The van der Waals surface area contributed by atoms with E-state index in [9.17, 15) is 0 Å². The van der Waals surface area contributed by atoms with Crippen LogP contribution in [0.5, 0.6) is 0 Å². The molecule has 0 aromatic heterocycles. The second-order valence-electron chi connectivity index (χ2n) is 2.93. The van der Waals surface area contributed by atoms with Crippen molar-refractivity contribution in [1.29, 1.82) is 0 Å². The lowest BCUT2D eigenvalue weighted by Crippen LogP contribution is -2.16. The van der Waals surface area contributed by atoms with Crippen molar-refractivity contribution >= 4 is 28.9 Å². The third-order valence-corrected chi connectivity index (χ3v) is 2.66. The summed E-state index contributed by atoms with van der Waals surface area (Å²) in [7, 11) is 2.02. The molecule has 72 valence electrons. The van der Waals surface area contributed by atoms with Crippen LogP contribution in [-0.4, -0.2) is 13.6 Å². The Morgan fingerprint density at radius 3 is 2.54 bits per heavy atom. The van der Waals surface area contributed by atoms with E-state index in [-0.39, 0.29) is 0 Å². The molecule has 0 aliphatic rings. The Balaban J connectivity index is 2.98. The fourth-order valence-electron chi connectivity index (χ4n) is 1.11. The van der Waals surface area contributed by atoms with Gasteiger partial charge in [-0.05, 0) is 24.6 Å². The van der Waals surface area contributed by atoms with Crippen molar-refractivity contribution in [1.82, 2.24) is 0 Å². The third kappa shape index (κ3) is 2.52. The van der Waals surface area contributed by atoms with E-state index in [0.717, 1.165) is 22.8 Å². The van der Waals surface area contributed by atoms with Gasteiger partial charge >= 0.3 is 0 Å². The number of alkyl halides is 1. The Labute approximate surface area is 89.3 Å².